The lowest BCUT2D eigenvalue weighted by molar-refractivity contribution is 0.1000. The Balaban J connectivity index is 2.20. The van der Waals surface area contributed by atoms with Crippen molar-refractivity contribution in [3.63, 3.8) is 0 Å². The molecule has 8 heteroatoms. The summed E-state index contributed by atoms with van der Waals surface area (Å²) in [5.41, 5.74) is 6.08. The Morgan fingerprint density at radius 1 is 1.35 bits per heavy atom. The second-order valence-electron chi connectivity index (χ2n) is 4.26. The van der Waals surface area contributed by atoms with Crippen molar-refractivity contribution in [1.29, 1.82) is 0 Å². The van der Waals surface area contributed by atoms with Crippen LogP contribution in [0.15, 0.2) is 41.6 Å². The van der Waals surface area contributed by atoms with Gasteiger partial charge in [-0.25, -0.2) is 13.1 Å². The fraction of sp³-hybridized carbons (Fsp3) is 0.167. The summed E-state index contributed by atoms with van der Waals surface area (Å²) >= 11 is 0. The lowest BCUT2D eigenvalue weighted by Gasteiger charge is -2.12. The van der Waals surface area contributed by atoms with Crippen molar-refractivity contribution in [1.82, 2.24) is 14.9 Å². The standard InChI is InChI=1S/C12H14N4O3S/c1-8(10-6-14-15-7-10)16-20(18,19)11-4-2-9(3-5-11)12(13)17/h2-8,16H,1H3,(H2,13,17)(H,14,15). The number of primary amides is 1. The van der Waals surface area contributed by atoms with E-state index in [2.05, 4.69) is 14.9 Å². The Kier molecular flexibility index (Phi) is 3.86. The van der Waals surface area contributed by atoms with Gasteiger partial charge in [0.1, 0.15) is 0 Å². The highest BCUT2D eigenvalue weighted by Crippen LogP contribution is 2.16. The van der Waals surface area contributed by atoms with E-state index in [9.17, 15) is 13.2 Å². The average molecular weight is 294 g/mol. The minimum Gasteiger partial charge on any atom is -0.366 e. The molecule has 1 amide bonds. The highest BCUT2D eigenvalue weighted by atomic mass is 32.2. The first-order valence-electron chi connectivity index (χ1n) is 5.81. The zero-order valence-corrected chi connectivity index (χ0v) is 11.5. The van der Waals surface area contributed by atoms with Crippen LogP contribution in [0.5, 0.6) is 0 Å². The van der Waals surface area contributed by atoms with Crippen LogP contribution in [0, 0.1) is 0 Å². The van der Waals surface area contributed by atoms with Gasteiger partial charge in [0.2, 0.25) is 15.9 Å². The number of carbonyl (C=O) groups is 1. The molecule has 0 aliphatic heterocycles. The quantitative estimate of drug-likeness (QED) is 0.746. The number of H-pyrrole nitrogens is 1. The van der Waals surface area contributed by atoms with Crippen LogP contribution in [-0.4, -0.2) is 24.5 Å². The Bertz CT molecular complexity index is 693. The molecule has 106 valence electrons. The highest BCUT2D eigenvalue weighted by Gasteiger charge is 2.19. The van der Waals surface area contributed by atoms with Gasteiger partial charge < -0.3 is 5.73 Å². The predicted octanol–water partition coefficient (Wildman–Crippen LogP) is 0.548. The Labute approximate surface area is 116 Å². The first-order chi connectivity index (χ1) is 9.40. The molecule has 2 aromatic rings. The summed E-state index contributed by atoms with van der Waals surface area (Å²) in [6.07, 6.45) is 3.16. The van der Waals surface area contributed by atoms with Gasteiger partial charge in [-0.05, 0) is 31.2 Å². The summed E-state index contributed by atoms with van der Waals surface area (Å²) in [6.45, 7) is 1.71. The number of benzene rings is 1. The molecule has 0 radical (unpaired) electrons. The molecular weight excluding hydrogens is 280 g/mol. The van der Waals surface area contributed by atoms with Gasteiger partial charge in [0.05, 0.1) is 11.1 Å². The normalized spacial score (nSPS) is 13.1. The van der Waals surface area contributed by atoms with Crippen molar-refractivity contribution in [2.45, 2.75) is 17.9 Å². The van der Waals surface area contributed by atoms with Crippen molar-refractivity contribution in [2.75, 3.05) is 0 Å². The van der Waals surface area contributed by atoms with Gasteiger partial charge in [0, 0.05) is 23.4 Å². The third-order valence-corrected chi connectivity index (χ3v) is 4.36. The summed E-state index contributed by atoms with van der Waals surface area (Å²) in [5, 5.41) is 6.39. The summed E-state index contributed by atoms with van der Waals surface area (Å²) in [7, 11) is -3.67. The van der Waals surface area contributed by atoms with Crippen LogP contribution in [0.1, 0.15) is 28.9 Å². The van der Waals surface area contributed by atoms with Crippen molar-refractivity contribution >= 4 is 15.9 Å². The smallest absolute Gasteiger partial charge is 0.248 e. The summed E-state index contributed by atoms with van der Waals surface area (Å²) < 4.78 is 26.8. The molecule has 7 nitrogen and oxygen atoms in total. The van der Waals surface area contributed by atoms with Crippen LogP contribution in [0.4, 0.5) is 0 Å². The number of nitrogens with zero attached hydrogens (tertiary/aromatic N) is 1. The van der Waals surface area contributed by atoms with E-state index >= 15 is 0 Å². The van der Waals surface area contributed by atoms with Gasteiger partial charge in [-0.15, -0.1) is 0 Å². The van der Waals surface area contributed by atoms with Crippen LogP contribution >= 0.6 is 0 Å². The van der Waals surface area contributed by atoms with E-state index in [-0.39, 0.29) is 10.5 Å². The third kappa shape index (κ3) is 3.03. The lowest BCUT2D eigenvalue weighted by Crippen LogP contribution is -2.26. The van der Waals surface area contributed by atoms with Crippen LogP contribution in [0.25, 0.3) is 0 Å². The third-order valence-electron chi connectivity index (χ3n) is 2.80. The van der Waals surface area contributed by atoms with Gasteiger partial charge in [0.15, 0.2) is 0 Å². The molecule has 0 bridgehead atoms. The first kappa shape index (κ1) is 14.2. The van der Waals surface area contributed by atoms with E-state index in [1.54, 1.807) is 19.3 Å². The molecule has 0 saturated heterocycles. The van der Waals surface area contributed by atoms with E-state index in [0.717, 1.165) is 5.56 Å². The van der Waals surface area contributed by atoms with E-state index in [1.807, 2.05) is 0 Å². The molecule has 1 aromatic heterocycles. The van der Waals surface area contributed by atoms with Crippen molar-refractivity contribution in [3.8, 4) is 0 Å². The summed E-state index contributed by atoms with van der Waals surface area (Å²) in [5.74, 6) is -0.603. The maximum Gasteiger partial charge on any atom is 0.248 e. The number of nitrogens with one attached hydrogen (secondary N) is 2. The van der Waals surface area contributed by atoms with Gasteiger partial charge >= 0.3 is 0 Å². The Morgan fingerprint density at radius 2 is 2.00 bits per heavy atom. The molecule has 20 heavy (non-hydrogen) atoms. The minimum absolute atomic E-state index is 0.0674. The number of aromatic amines is 1. The lowest BCUT2D eigenvalue weighted by atomic mass is 10.2. The Morgan fingerprint density at radius 3 is 2.50 bits per heavy atom. The molecule has 1 unspecified atom stereocenters. The topological polar surface area (TPSA) is 118 Å². The van der Waals surface area contributed by atoms with Gasteiger partial charge in [0.25, 0.3) is 0 Å². The first-order valence-corrected chi connectivity index (χ1v) is 7.29. The maximum atomic E-state index is 12.2. The fourth-order valence-electron chi connectivity index (χ4n) is 1.66. The zero-order chi connectivity index (χ0) is 14.8. The molecule has 1 aromatic carbocycles. The van der Waals surface area contributed by atoms with Crippen molar-refractivity contribution in [2.24, 2.45) is 5.73 Å². The number of carbonyl (C=O) groups excluding carboxylic acids is 1. The summed E-state index contributed by atoms with van der Waals surface area (Å²) in [6, 6.07) is 5.00. The van der Waals surface area contributed by atoms with E-state index < -0.39 is 22.0 Å². The predicted molar refractivity (Wildman–Crippen MR) is 72.3 cm³/mol. The number of rotatable bonds is 5. The molecule has 4 N–H and O–H groups in total. The molecule has 2 rings (SSSR count). The molecule has 1 heterocycles. The molecule has 1 atom stereocenters. The second-order valence-corrected chi connectivity index (χ2v) is 5.98. The van der Waals surface area contributed by atoms with Gasteiger partial charge in [-0.3, -0.25) is 9.89 Å². The minimum atomic E-state index is -3.67. The van der Waals surface area contributed by atoms with Crippen molar-refractivity contribution in [3.05, 3.63) is 47.8 Å². The zero-order valence-electron chi connectivity index (χ0n) is 10.7. The van der Waals surface area contributed by atoms with Gasteiger partial charge in [-0.2, -0.15) is 5.10 Å². The fourth-order valence-corrected chi connectivity index (χ4v) is 2.90. The van der Waals surface area contributed by atoms with Crippen LogP contribution in [0.3, 0.4) is 0 Å². The van der Waals surface area contributed by atoms with E-state index in [0.29, 0.717) is 0 Å². The maximum absolute atomic E-state index is 12.2. The number of hydrogen-bond donors (Lipinski definition) is 3. The average Bonchev–Trinajstić information content (AvgIpc) is 2.92. The molecule has 0 fully saturated rings. The van der Waals surface area contributed by atoms with Crippen LogP contribution in [-0.2, 0) is 10.0 Å². The number of nitrogens with two attached hydrogens (primary N) is 1. The number of hydrogen-bond acceptors (Lipinski definition) is 4. The summed E-state index contributed by atoms with van der Waals surface area (Å²) in [4.78, 5) is 11.0. The molecular formula is C12H14N4O3S. The van der Waals surface area contributed by atoms with Crippen LogP contribution in [0.2, 0.25) is 0 Å². The second kappa shape index (κ2) is 5.43. The van der Waals surface area contributed by atoms with E-state index in [4.69, 9.17) is 5.73 Å². The number of amides is 1. The number of aromatic nitrogens is 2. The van der Waals surface area contributed by atoms with Crippen molar-refractivity contribution < 1.29 is 13.2 Å². The van der Waals surface area contributed by atoms with E-state index in [1.165, 1.54) is 24.3 Å². The van der Waals surface area contributed by atoms with Crippen LogP contribution < -0.4 is 10.5 Å². The molecule has 0 aliphatic carbocycles. The Hall–Kier alpha value is -2.19. The molecule has 0 aliphatic rings. The van der Waals surface area contributed by atoms with Gasteiger partial charge in [-0.1, -0.05) is 0 Å². The largest absolute Gasteiger partial charge is 0.366 e. The number of sulfonamides is 1. The molecule has 0 spiro atoms. The molecule has 0 saturated carbocycles. The SMILES string of the molecule is CC(NS(=O)(=O)c1ccc(C(N)=O)cc1)c1cn[nH]c1. The monoisotopic (exact) mass is 294 g/mol. The highest BCUT2D eigenvalue weighted by molar-refractivity contribution is 7.89.